The van der Waals surface area contributed by atoms with E-state index in [2.05, 4.69) is 0 Å². The quantitative estimate of drug-likeness (QED) is 0.160. The Hall–Kier alpha value is -4.47. The summed E-state index contributed by atoms with van der Waals surface area (Å²) in [7, 11) is 0. The minimum absolute atomic E-state index is 0. The monoisotopic (exact) mass is 672 g/mol. The summed E-state index contributed by atoms with van der Waals surface area (Å²) in [6.45, 7) is 0. The number of hydrogen-bond acceptors (Lipinski definition) is 12. The Balaban J connectivity index is 0.000000518. The summed E-state index contributed by atoms with van der Waals surface area (Å²) in [5.74, 6) is -11.5. The minimum Gasteiger partial charge on any atom is -0.867 e. The molecule has 200 valence electrons. The second-order valence-corrected chi connectivity index (χ2v) is 6.45. The van der Waals surface area contributed by atoms with Gasteiger partial charge < -0.3 is 61.3 Å². The standard InChI is InChI=1S/3C7H6O5.Ho/c3*8-4-1-3(7(11)12)2-5(9)6(4)10;/h3*1-2,8-10H,(H,11,12);/q;;;+3/p-3. The zero-order valence-electron chi connectivity index (χ0n) is 17.7. The Kier molecular flexibility index (Phi) is 11.9. The summed E-state index contributed by atoms with van der Waals surface area (Å²) < 4.78 is 0. The number of carboxylic acids is 3. The van der Waals surface area contributed by atoms with E-state index in [9.17, 15) is 29.7 Å². The van der Waals surface area contributed by atoms with Gasteiger partial charge in [0.2, 0.25) is 0 Å². The van der Waals surface area contributed by atoms with Crippen LogP contribution in [0.25, 0.3) is 0 Å². The van der Waals surface area contributed by atoms with Crippen molar-refractivity contribution in [3.05, 3.63) is 53.1 Å². The average molecular weight is 672 g/mol. The summed E-state index contributed by atoms with van der Waals surface area (Å²) in [5.41, 5.74) is -0.987. The fourth-order valence-electron chi connectivity index (χ4n) is 2.17. The third-order valence-corrected chi connectivity index (χ3v) is 3.89. The maximum Gasteiger partial charge on any atom is 3.00 e. The van der Waals surface area contributed by atoms with E-state index in [1.165, 1.54) is 0 Å². The van der Waals surface area contributed by atoms with E-state index in [-0.39, 0.29) is 54.4 Å². The van der Waals surface area contributed by atoms with E-state index in [0.29, 0.717) is 0 Å². The number of benzene rings is 3. The fourth-order valence-corrected chi connectivity index (χ4v) is 2.17. The van der Waals surface area contributed by atoms with Crippen LogP contribution < -0.4 is 15.3 Å². The number of rotatable bonds is 3. The van der Waals surface area contributed by atoms with E-state index >= 15 is 0 Å². The van der Waals surface area contributed by atoms with Gasteiger partial charge >= 0.3 is 55.6 Å². The molecule has 0 saturated heterocycles. The predicted molar refractivity (Wildman–Crippen MR) is 109 cm³/mol. The van der Waals surface area contributed by atoms with E-state index in [1.54, 1.807) is 0 Å². The van der Waals surface area contributed by atoms with Crippen molar-refractivity contribution in [1.29, 1.82) is 0 Å². The number of hydrogen-bond donors (Lipinski definition) is 9. The van der Waals surface area contributed by atoms with Gasteiger partial charge in [-0.3, -0.25) is 0 Å². The van der Waals surface area contributed by atoms with Crippen molar-refractivity contribution < 1.29 is 113 Å². The largest absolute Gasteiger partial charge is 3.00 e. The van der Waals surface area contributed by atoms with Gasteiger partial charge in [-0.2, -0.15) is 0 Å². The van der Waals surface area contributed by atoms with Gasteiger partial charge in [-0.1, -0.05) is 0 Å². The van der Waals surface area contributed by atoms with Gasteiger partial charge in [0.25, 0.3) is 0 Å². The third-order valence-electron chi connectivity index (χ3n) is 3.89. The van der Waals surface area contributed by atoms with Gasteiger partial charge in [-0.05, 0) is 53.6 Å². The van der Waals surface area contributed by atoms with Crippen LogP contribution in [0.3, 0.4) is 0 Å². The van der Waals surface area contributed by atoms with Crippen molar-refractivity contribution in [2.24, 2.45) is 0 Å². The Morgan fingerprint density at radius 1 is 0.432 bits per heavy atom. The predicted octanol–water partition coefficient (Wildman–Crippen LogP) is -0.391. The molecule has 0 aliphatic carbocycles. The molecule has 0 aliphatic heterocycles. The van der Waals surface area contributed by atoms with Crippen LogP contribution in [0.1, 0.15) is 31.1 Å². The number of carbonyl (C=O) groups is 3. The first-order chi connectivity index (χ1) is 16.6. The van der Waals surface area contributed by atoms with Crippen LogP contribution in [0.2, 0.25) is 0 Å². The van der Waals surface area contributed by atoms with E-state index in [4.69, 9.17) is 46.0 Å². The number of carboxylic acid groups (broad SMARTS) is 3. The summed E-state index contributed by atoms with van der Waals surface area (Å²) in [5, 5.41) is 110. The van der Waals surface area contributed by atoms with Crippen LogP contribution in [-0.4, -0.2) is 63.9 Å². The van der Waals surface area contributed by atoms with Crippen molar-refractivity contribution in [3.8, 4) is 51.7 Å². The van der Waals surface area contributed by atoms with Crippen LogP contribution in [0.15, 0.2) is 36.4 Å². The number of aromatic hydroxyl groups is 6. The fraction of sp³-hybridized carbons (Fsp3) is 0. The van der Waals surface area contributed by atoms with Crippen LogP contribution in [-0.2, 0) is 0 Å². The molecule has 0 bridgehead atoms. The van der Waals surface area contributed by atoms with Gasteiger partial charge in [0, 0.05) is 0 Å². The molecule has 0 radical (unpaired) electrons. The third kappa shape index (κ3) is 8.92. The maximum atomic E-state index is 10.7. The van der Waals surface area contributed by atoms with Gasteiger partial charge in [0.05, 0.1) is 16.7 Å². The van der Waals surface area contributed by atoms with E-state index in [0.717, 1.165) is 36.4 Å². The molecule has 16 heteroatoms. The molecule has 0 aromatic heterocycles. The molecule has 0 heterocycles. The number of phenolic OH excluding ortho intramolecular Hbond substituents is 6. The maximum absolute atomic E-state index is 10.7. The Morgan fingerprint density at radius 2 is 0.568 bits per heavy atom. The Morgan fingerprint density at radius 3 is 0.676 bits per heavy atom. The summed E-state index contributed by atoms with van der Waals surface area (Å²) in [6, 6.07) is 4.69. The van der Waals surface area contributed by atoms with Crippen molar-refractivity contribution >= 4 is 17.9 Å². The summed E-state index contributed by atoms with van der Waals surface area (Å²) in [4.78, 5) is 30.9. The molecule has 0 aliphatic rings. The molecule has 0 amide bonds. The Bertz CT molecular complexity index is 1090. The zero-order chi connectivity index (χ0) is 27.9. The molecular formula is C21H15HoO15. The SMILES string of the molecule is O=C(O)c1cc(O)c([O-])c(O)c1.O=C(O)c1cc(O)c([O-])c(O)c1.O=C(O)c1cc(O)c([O-])c(O)c1.[Ho+3]. The molecule has 9 N–H and O–H groups in total. The molecule has 37 heavy (non-hydrogen) atoms. The molecule has 0 unspecified atom stereocenters. The topological polar surface area (TPSA) is 302 Å². The molecule has 15 nitrogen and oxygen atoms in total. The first-order valence-electron chi connectivity index (χ1n) is 8.95. The van der Waals surface area contributed by atoms with Crippen molar-refractivity contribution in [1.82, 2.24) is 0 Å². The van der Waals surface area contributed by atoms with E-state index < -0.39 is 69.7 Å². The van der Waals surface area contributed by atoms with Gasteiger partial charge in [0.1, 0.15) is 34.5 Å². The first-order valence-corrected chi connectivity index (χ1v) is 8.95. The molecule has 3 rings (SSSR count). The second-order valence-electron chi connectivity index (χ2n) is 6.45. The minimum atomic E-state index is -1.32. The molecule has 0 fully saturated rings. The molecule has 0 atom stereocenters. The van der Waals surface area contributed by atoms with Crippen molar-refractivity contribution in [3.63, 3.8) is 0 Å². The summed E-state index contributed by atoms with van der Waals surface area (Å²) in [6.07, 6.45) is 0. The van der Waals surface area contributed by atoms with Gasteiger partial charge in [-0.15, -0.1) is 0 Å². The van der Waals surface area contributed by atoms with E-state index in [1.807, 2.05) is 0 Å². The first kappa shape index (κ1) is 32.5. The Labute approximate surface area is 235 Å². The summed E-state index contributed by atoms with van der Waals surface area (Å²) >= 11 is 0. The number of phenols is 6. The molecule has 3 aromatic rings. The van der Waals surface area contributed by atoms with Crippen molar-refractivity contribution in [2.75, 3.05) is 0 Å². The molecule has 3 aromatic carbocycles. The molecule has 0 saturated carbocycles. The van der Waals surface area contributed by atoms with Crippen LogP contribution >= 0.6 is 0 Å². The van der Waals surface area contributed by atoms with Gasteiger partial charge in [0.15, 0.2) is 0 Å². The van der Waals surface area contributed by atoms with Crippen LogP contribution in [0, 0.1) is 37.7 Å². The van der Waals surface area contributed by atoms with Crippen LogP contribution in [0.5, 0.6) is 51.7 Å². The smallest absolute Gasteiger partial charge is 0.867 e. The number of aromatic carboxylic acids is 3. The molecule has 0 spiro atoms. The van der Waals surface area contributed by atoms with Crippen molar-refractivity contribution in [2.45, 2.75) is 0 Å². The average Bonchev–Trinajstić information content (AvgIpc) is 2.79. The normalized spacial score (nSPS) is 9.41. The van der Waals surface area contributed by atoms with Gasteiger partial charge in [-0.25, -0.2) is 14.4 Å². The second kappa shape index (κ2) is 13.6. The molecular weight excluding hydrogens is 657 g/mol. The zero-order valence-corrected chi connectivity index (χ0v) is 19.7. The van der Waals surface area contributed by atoms with Crippen LogP contribution in [0.4, 0.5) is 0 Å².